The molecule has 0 aliphatic carbocycles. The fraction of sp³-hybridized carbons (Fsp3) is 0. The maximum absolute atomic E-state index is 10.6. The largest absolute Gasteiger partial charge is 0.478 e. The summed E-state index contributed by atoms with van der Waals surface area (Å²) in [5.41, 5.74) is 2.60. The minimum absolute atomic E-state index is 0.0507. The lowest BCUT2D eigenvalue weighted by molar-refractivity contribution is -0.384. The van der Waals surface area contributed by atoms with Gasteiger partial charge in [0.25, 0.3) is 5.69 Å². The molecule has 0 radical (unpaired) electrons. The SMILES string of the molecule is O=C(O)C=Cc1ccc(-c2ccc([N+](=O)[O-])cc2)cc1. The van der Waals surface area contributed by atoms with Crippen LogP contribution in [0.2, 0.25) is 0 Å². The highest BCUT2D eigenvalue weighted by atomic mass is 16.6. The smallest absolute Gasteiger partial charge is 0.328 e. The van der Waals surface area contributed by atoms with Gasteiger partial charge >= 0.3 is 5.97 Å². The molecular weight excluding hydrogens is 258 g/mol. The van der Waals surface area contributed by atoms with Gasteiger partial charge in [0.1, 0.15) is 0 Å². The molecule has 100 valence electrons. The van der Waals surface area contributed by atoms with Crippen LogP contribution in [0.15, 0.2) is 54.6 Å². The summed E-state index contributed by atoms with van der Waals surface area (Å²) >= 11 is 0. The van der Waals surface area contributed by atoms with Crippen LogP contribution < -0.4 is 0 Å². The first-order valence-electron chi connectivity index (χ1n) is 5.82. The van der Waals surface area contributed by atoms with E-state index >= 15 is 0 Å². The van der Waals surface area contributed by atoms with Crippen molar-refractivity contribution in [2.75, 3.05) is 0 Å². The zero-order valence-electron chi connectivity index (χ0n) is 10.4. The Morgan fingerprint density at radius 2 is 1.50 bits per heavy atom. The van der Waals surface area contributed by atoms with Crippen molar-refractivity contribution in [3.05, 3.63) is 70.3 Å². The van der Waals surface area contributed by atoms with Gasteiger partial charge in [0.05, 0.1) is 4.92 Å². The highest BCUT2D eigenvalue weighted by Gasteiger charge is 2.04. The third-order valence-corrected chi connectivity index (χ3v) is 2.74. The molecule has 0 aliphatic heterocycles. The molecular formula is C15H11NO4. The Balaban J connectivity index is 2.21. The molecule has 0 amide bonds. The Kier molecular flexibility index (Phi) is 3.91. The van der Waals surface area contributed by atoms with Crippen molar-refractivity contribution >= 4 is 17.7 Å². The summed E-state index contributed by atoms with van der Waals surface area (Å²) in [4.78, 5) is 20.5. The van der Waals surface area contributed by atoms with E-state index in [1.807, 2.05) is 12.1 Å². The second kappa shape index (κ2) is 5.79. The molecule has 0 heterocycles. The molecule has 0 aliphatic rings. The zero-order valence-corrected chi connectivity index (χ0v) is 10.4. The topological polar surface area (TPSA) is 80.4 Å². The van der Waals surface area contributed by atoms with Crippen LogP contribution in [0.4, 0.5) is 5.69 Å². The number of nitro benzene ring substituents is 1. The number of nitrogens with zero attached hydrogens (tertiary/aromatic N) is 1. The summed E-state index contributed by atoms with van der Waals surface area (Å²) in [6, 6.07) is 13.5. The lowest BCUT2D eigenvalue weighted by atomic mass is 10.0. The predicted molar refractivity (Wildman–Crippen MR) is 75.2 cm³/mol. The number of nitro groups is 1. The van der Waals surface area contributed by atoms with E-state index in [2.05, 4.69) is 0 Å². The molecule has 1 N–H and O–H groups in total. The number of carbonyl (C=O) groups is 1. The van der Waals surface area contributed by atoms with Gasteiger partial charge in [0.15, 0.2) is 0 Å². The predicted octanol–water partition coefficient (Wildman–Crippen LogP) is 3.36. The minimum Gasteiger partial charge on any atom is -0.478 e. The molecule has 0 saturated heterocycles. The monoisotopic (exact) mass is 269 g/mol. The number of carboxylic acids is 1. The Labute approximate surface area is 115 Å². The van der Waals surface area contributed by atoms with Crippen LogP contribution in [0.3, 0.4) is 0 Å². The van der Waals surface area contributed by atoms with Gasteiger partial charge in [0, 0.05) is 18.2 Å². The molecule has 5 heteroatoms. The van der Waals surface area contributed by atoms with Gasteiger partial charge < -0.3 is 5.11 Å². The summed E-state index contributed by atoms with van der Waals surface area (Å²) < 4.78 is 0. The van der Waals surface area contributed by atoms with Gasteiger partial charge in [-0.2, -0.15) is 0 Å². The van der Waals surface area contributed by atoms with Gasteiger partial charge in [-0.3, -0.25) is 10.1 Å². The molecule has 2 aromatic carbocycles. The van der Waals surface area contributed by atoms with Gasteiger partial charge in [-0.25, -0.2) is 4.79 Å². The van der Waals surface area contributed by atoms with Crippen LogP contribution in [0, 0.1) is 10.1 Å². The minimum atomic E-state index is -0.996. The Hall–Kier alpha value is -2.95. The molecule has 20 heavy (non-hydrogen) atoms. The molecule has 0 fully saturated rings. The van der Waals surface area contributed by atoms with Crippen molar-refractivity contribution in [3.8, 4) is 11.1 Å². The van der Waals surface area contributed by atoms with Crippen molar-refractivity contribution in [1.82, 2.24) is 0 Å². The highest BCUT2D eigenvalue weighted by molar-refractivity contribution is 5.85. The van der Waals surface area contributed by atoms with E-state index in [-0.39, 0.29) is 5.69 Å². The van der Waals surface area contributed by atoms with Crippen LogP contribution in [0.25, 0.3) is 17.2 Å². The van der Waals surface area contributed by atoms with E-state index in [4.69, 9.17) is 5.11 Å². The quantitative estimate of drug-likeness (QED) is 0.524. The number of rotatable bonds is 4. The average molecular weight is 269 g/mol. The molecule has 0 atom stereocenters. The molecule has 0 spiro atoms. The number of benzene rings is 2. The molecule has 2 rings (SSSR count). The van der Waals surface area contributed by atoms with E-state index in [0.29, 0.717) is 0 Å². The maximum Gasteiger partial charge on any atom is 0.328 e. The second-order valence-corrected chi connectivity index (χ2v) is 4.10. The van der Waals surface area contributed by atoms with Crippen LogP contribution in [-0.2, 0) is 4.79 Å². The van der Waals surface area contributed by atoms with Crippen LogP contribution in [0.1, 0.15) is 5.56 Å². The van der Waals surface area contributed by atoms with E-state index in [9.17, 15) is 14.9 Å². The molecule has 0 unspecified atom stereocenters. The summed E-state index contributed by atoms with van der Waals surface area (Å²) in [6.45, 7) is 0. The Morgan fingerprint density at radius 3 is 1.95 bits per heavy atom. The Morgan fingerprint density at radius 1 is 1.00 bits per heavy atom. The first kappa shape index (κ1) is 13.5. The summed E-state index contributed by atoms with van der Waals surface area (Å²) in [7, 11) is 0. The van der Waals surface area contributed by atoms with Crippen LogP contribution in [-0.4, -0.2) is 16.0 Å². The molecule has 0 aromatic heterocycles. The third-order valence-electron chi connectivity index (χ3n) is 2.74. The van der Waals surface area contributed by atoms with Crippen molar-refractivity contribution in [3.63, 3.8) is 0 Å². The van der Waals surface area contributed by atoms with E-state index < -0.39 is 10.9 Å². The fourth-order valence-corrected chi connectivity index (χ4v) is 1.73. The van der Waals surface area contributed by atoms with Gasteiger partial charge in [-0.1, -0.05) is 24.3 Å². The number of hydrogen-bond acceptors (Lipinski definition) is 3. The van der Waals surface area contributed by atoms with Gasteiger partial charge in [-0.05, 0) is 34.9 Å². The van der Waals surface area contributed by atoms with Gasteiger partial charge in [-0.15, -0.1) is 0 Å². The number of hydrogen-bond donors (Lipinski definition) is 1. The summed E-state index contributed by atoms with van der Waals surface area (Å²) in [5.74, 6) is -0.996. The second-order valence-electron chi connectivity index (χ2n) is 4.10. The number of aliphatic carboxylic acids is 1. The van der Waals surface area contributed by atoms with Crippen LogP contribution in [0.5, 0.6) is 0 Å². The van der Waals surface area contributed by atoms with Crippen molar-refractivity contribution in [2.45, 2.75) is 0 Å². The first-order valence-corrected chi connectivity index (χ1v) is 5.82. The maximum atomic E-state index is 10.6. The van der Waals surface area contributed by atoms with Crippen LogP contribution >= 0.6 is 0 Å². The third kappa shape index (κ3) is 3.29. The normalized spacial score (nSPS) is 10.6. The molecule has 2 aromatic rings. The number of carboxylic acid groups (broad SMARTS) is 1. The Bertz CT molecular complexity index is 657. The average Bonchev–Trinajstić information content (AvgIpc) is 2.46. The highest BCUT2D eigenvalue weighted by Crippen LogP contribution is 2.22. The summed E-state index contributed by atoms with van der Waals surface area (Å²) in [6.07, 6.45) is 2.57. The zero-order chi connectivity index (χ0) is 14.5. The number of non-ortho nitro benzene ring substituents is 1. The summed E-state index contributed by atoms with van der Waals surface area (Å²) in [5, 5.41) is 19.1. The lowest BCUT2D eigenvalue weighted by Crippen LogP contribution is -1.87. The van der Waals surface area contributed by atoms with Gasteiger partial charge in [0.2, 0.25) is 0 Å². The van der Waals surface area contributed by atoms with E-state index in [0.717, 1.165) is 22.8 Å². The van der Waals surface area contributed by atoms with Crippen molar-refractivity contribution < 1.29 is 14.8 Å². The van der Waals surface area contributed by atoms with Crippen molar-refractivity contribution in [1.29, 1.82) is 0 Å². The molecule has 5 nitrogen and oxygen atoms in total. The lowest BCUT2D eigenvalue weighted by Gasteiger charge is -2.02. The van der Waals surface area contributed by atoms with Crippen molar-refractivity contribution in [2.24, 2.45) is 0 Å². The first-order chi connectivity index (χ1) is 9.56. The standard InChI is InChI=1S/C15H11NO4/c17-15(18)10-3-11-1-4-12(5-2-11)13-6-8-14(9-7-13)16(19)20/h1-10H,(H,17,18). The van der Waals surface area contributed by atoms with E-state index in [1.54, 1.807) is 24.3 Å². The fourth-order valence-electron chi connectivity index (χ4n) is 1.73. The molecule has 0 saturated carbocycles. The van der Waals surface area contributed by atoms with E-state index in [1.165, 1.54) is 18.2 Å². The molecule has 0 bridgehead atoms.